The average molecular weight is 566 g/mol. The lowest BCUT2D eigenvalue weighted by Crippen LogP contribution is -2.45. The monoisotopic (exact) mass is 565 g/mol. The number of hydrogen-bond donors (Lipinski definition) is 3. The molecule has 3 saturated heterocycles. The largest absolute Gasteiger partial charge is 0.481 e. The number of amides is 1. The van der Waals surface area contributed by atoms with Gasteiger partial charge in [-0.15, -0.1) is 0 Å². The summed E-state index contributed by atoms with van der Waals surface area (Å²) in [7, 11) is 0. The zero-order valence-corrected chi connectivity index (χ0v) is 23.7. The van der Waals surface area contributed by atoms with Gasteiger partial charge in [-0.2, -0.15) is 0 Å². The number of benzene rings is 2. The Morgan fingerprint density at radius 3 is 2.27 bits per heavy atom. The molecule has 2 aromatic carbocycles. The van der Waals surface area contributed by atoms with Gasteiger partial charge < -0.3 is 29.9 Å². The van der Waals surface area contributed by atoms with Gasteiger partial charge in [0.2, 0.25) is 5.91 Å². The molecule has 0 saturated carbocycles. The van der Waals surface area contributed by atoms with Gasteiger partial charge in [-0.1, -0.05) is 48.5 Å². The molecule has 41 heavy (non-hydrogen) atoms. The van der Waals surface area contributed by atoms with Crippen molar-refractivity contribution in [2.75, 3.05) is 32.7 Å². The summed E-state index contributed by atoms with van der Waals surface area (Å²) in [5, 5.41) is 21.0. The van der Waals surface area contributed by atoms with E-state index < -0.39 is 12.3 Å². The van der Waals surface area contributed by atoms with Crippen molar-refractivity contribution < 1.29 is 29.3 Å². The van der Waals surface area contributed by atoms with E-state index in [1.807, 2.05) is 48.5 Å². The van der Waals surface area contributed by atoms with Gasteiger partial charge >= 0.3 is 5.97 Å². The molecule has 3 N–H and O–H groups in total. The van der Waals surface area contributed by atoms with Crippen LogP contribution in [0, 0.1) is 0 Å². The molecule has 1 amide bonds. The van der Waals surface area contributed by atoms with Gasteiger partial charge in [0.15, 0.2) is 6.29 Å². The van der Waals surface area contributed by atoms with Gasteiger partial charge in [0.25, 0.3) is 0 Å². The van der Waals surface area contributed by atoms with Crippen LogP contribution in [0.2, 0.25) is 0 Å². The second-order valence-electron chi connectivity index (χ2n) is 11.6. The Balaban J connectivity index is 1.25. The normalized spacial score (nSPS) is 25.4. The number of ether oxygens (including phenoxy) is 2. The van der Waals surface area contributed by atoms with E-state index in [2.05, 4.69) is 15.1 Å². The van der Waals surface area contributed by atoms with Gasteiger partial charge in [0.1, 0.15) is 0 Å². The van der Waals surface area contributed by atoms with Gasteiger partial charge in [-0.3, -0.25) is 14.5 Å². The van der Waals surface area contributed by atoms with E-state index in [9.17, 15) is 14.7 Å². The average Bonchev–Trinajstić information content (AvgIpc) is 3.67. The topological polar surface area (TPSA) is 112 Å². The van der Waals surface area contributed by atoms with E-state index in [4.69, 9.17) is 14.6 Å². The molecule has 4 unspecified atom stereocenters. The third-order valence-corrected chi connectivity index (χ3v) is 8.53. The zero-order valence-electron chi connectivity index (χ0n) is 23.7. The number of aliphatic hydroxyl groups is 1. The van der Waals surface area contributed by atoms with E-state index in [0.29, 0.717) is 12.6 Å². The van der Waals surface area contributed by atoms with Crippen LogP contribution in [0.5, 0.6) is 0 Å². The second kappa shape index (κ2) is 14.4. The molecule has 0 radical (unpaired) electrons. The number of hydrogen-bond acceptors (Lipinski definition) is 7. The fourth-order valence-electron chi connectivity index (χ4n) is 6.20. The van der Waals surface area contributed by atoms with Gasteiger partial charge in [0.05, 0.1) is 25.2 Å². The number of carboxylic acids is 1. The molecule has 3 fully saturated rings. The molecule has 3 aliphatic rings. The number of carbonyl (C=O) groups is 2. The summed E-state index contributed by atoms with van der Waals surface area (Å²) < 4.78 is 13.1. The van der Waals surface area contributed by atoms with Crippen molar-refractivity contribution in [3.63, 3.8) is 0 Å². The number of aliphatic carboxylic acids is 1. The lowest BCUT2D eigenvalue weighted by atomic mass is 9.99. The van der Waals surface area contributed by atoms with E-state index >= 15 is 0 Å². The van der Waals surface area contributed by atoms with Gasteiger partial charge in [0, 0.05) is 44.1 Å². The zero-order chi connectivity index (χ0) is 28.6. The summed E-state index contributed by atoms with van der Waals surface area (Å²) in [6, 6.07) is 16.4. The molecule has 3 aliphatic heterocycles. The highest BCUT2D eigenvalue weighted by Crippen LogP contribution is 2.39. The highest BCUT2D eigenvalue weighted by atomic mass is 16.7. The smallest absolute Gasteiger partial charge is 0.303 e. The van der Waals surface area contributed by atoms with Crippen LogP contribution in [0.1, 0.15) is 79.6 Å². The fourth-order valence-corrected chi connectivity index (χ4v) is 6.20. The Kier molecular flexibility index (Phi) is 10.4. The van der Waals surface area contributed by atoms with Crippen molar-refractivity contribution in [1.82, 2.24) is 15.1 Å². The first-order chi connectivity index (χ1) is 20.0. The Labute approximate surface area is 242 Å². The first kappa shape index (κ1) is 29.7. The molecule has 3 heterocycles. The molecular weight excluding hydrogens is 522 g/mol. The highest BCUT2D eigenvalue weighted by molar-refractivity contribution is 5.80. The van der Waals surface area contributed by atoms with E-state index in [0.717, 1.165) is 48.3 Å². The summed E-state index contributed by atoms with van der Waals surface area (Å²) in [4.78, 5) is 27.8. The molecule has 5 rings (SSSR count). The molecule has 0 aromatic heterocycles. The highest BCUT2D eigenvalue weighted by Gasteiger charge is 2.36. The first-order valence-corrected chi connectivity index (χ1v) is 15.0. The quantitative estimate of drug-likeness (QED) is 0.357. The number of nitrogens with zero attached hydrogens (tertiary/aromatic N) is 2. The van der Waals surface area contributed by atoms with E-state index in [1.54, 1.807) is 0 Å². The van der Waals surface area contributed by atoms with Crippen LogP contribution >= 0.6 is 0 Å². The minimum absolute atomic E-state index is 0.0138. The molecule has 9 heteroatoms. The standard InChI is InChI=1S/C32H43N3O6/c36-22-24-7-9-25(10-8-24)29-18-28(21-35-17-3-4-27(35)20-34-15-1-2-16-34)40-32(41-29)26-11-5-23(6-12-26)19-33-30(37)13-14-31(38)39/h5-12,27-29,32,36H,1-4,13-22H2,(H,33,37)(H,38,39). The number of aliphatic hydroxyl groups excluding tert-OH is 1. The van der Waals surface area contributed by atoms with Crippen molar-refractivity contribution in [2.24, 2.45) is 0 Å². The molecule has 0 aliphatic carbocycles. The van der Waals surface area contributed by atoms with Gasteiger partial charge in [-0.25, -0.2) is 0 Å². The van der Waals surface area contributed by atoms with Crippen LogP contribution < -0.4 is 5.32 Å². The number of nitrogens with one attached hydrogen (secondary N) is 1. The van der Waals surface area contributed by atoms with Crippen molar-refractivity contribution in [3.05, 3.63) is 70.8 Å². The van der Waals surface area contributed by atoms with E-state index in [1.165, 1.54) is 38.8 Å². The van der Waals surface area contributed by atoms with Crippen LogP contribution in [0.15, 0.2) is 48.5 Å². The van der Waals surface area contributed by atoms with Crippen molar-refractivity contribution in [1.29, 1.82) is 0 Å². The second-order valence-corrected chi connectivity index (χ2v) is 11.6. The Bertz CT molecular complexity index is 1140. The van der Waals surface area contributed by atoms with Crippen LogP contribution in [-0.2, 0) is 32.2 Å². The molecule has 4 atom stereocenters. The van der Waals surface area contributed by atoms with Crippen LogP contribution in [0.3, 0.4) is 0 Å². The first-order valence-electron chi connectivity index (χ1n) is 15.0. The van der Waals surface area contributed by atoms with E-state index in [-0.39, 0.29) is 37.6 Å². The maximum Gasteiger partial charge on any atom is 0.303 e. The summed E-state index contributed by atoms with van der Waals surface area (Å²) in [6.45, 7) is 5.91. The van der Waals surface area contributed by atoms with Crippen LogP contribution in [-0.4, -0.2) is 76.8 Å². The summed E-state index contributed by atoms with van der Waals surface area (Å²) in [5.41, 5.74) is 3.79. The Morgan fingerprint density at radius 2 is 1.56 bits per heavy atom. The maximum absolute atomic E-state index is 11.9. The molecule has 9 nitrogen and oxygen atoms in total. The summed E-state index contributed by atoms with van der Waals surface area (Å²) >= 11 is 0. The molecule has 222 valence electrons. The van der Waals surface area contributed by atoms with Crippen molar-refractivity contribution in [3.8, 4) is 0 Å². The summed E-state index contributed by atoms with van der Waals surface area (Å²) in [5.74, 6) is -1.26. The number of rotatable bonds is 12. The van der Waals surface area contributed by atoms with Crippen molar-refractivity contribution >= 4 is 11.9 Å². The molecule has 0 spiro atoms. The van der Waals surface area contributed by atoms with Crippen molar-refractivity contribution in [2.45, 2.75) is 82.6 Å². The molecular formula is C32H43N3O6. The third kappa shape index (κ3) is 8.36. The maximum atomic E-state index is 11.9. The minimum atomic E-state index is -0.982. The predicted octanol–water partition coefficient (Wildman–Crippen LogP) is 3.77. The third-order valence-electron chi connectivity index (χ3n) is 8.53. The number of carboxylic acid groups (broad SMARTS) is 1. The van der Waals surface area contributed by atoms with Gasteiger partial charge in [-0.05, 0) is 62.0 Å². The molecule has 2 aromatic rings. The van der Waals surface area contributed by atoms with Crippen LogP contribution in [0.4, 0.5) is 0 Å². The lowest BCUT2D eigenvalue weighted by molar-refractivity contribution is -0.253. The van der Waals surface area contributed by atoms with Crippen LogP contribution in [0.25, 0.3) is 0 Å². The minimum Gasteiger partial charge on any atom is -0.481 e. The fraction of sp³-hybridized carbons (Fsp3) is 0.562. The molecule has 0 bridgehead atoms. The SMILES string of the molecule is O=C(O)CCC(=O)NCc1ccc(C2OC(CN3CCCC3CN3CCCC3)CC(c3ccc(CO)cc3)O2)cc1. The number of likely N-dealkylation sites (tertiary alicyclic amines) is 2. The Morgan fingerprint density at radius 1 is 0.854 bits per heavy atom. The Hall–Kier alpha value is -2.82. The predicted molar refractivity (Wildman–Crippen MR) is 154 cm³/mol. The lowest BCUT2D eigenvalue weighted by Gasteiger charge is -2.39. The summed E-state index contributed by atoms with van der Waals surface area (Å²) in [6.07, 6.45) is 5.02. The number of carbonyl (C=O) groups excluding carboxylic acids is 1.